The van der Waals surface area contributed by atoms with E-state index in [0.717, 1.165) is 11.4 Å². The van der Waals surface area contributed by atoms with Crippen molar-refractivity contribution in [3.8, 4) is 0 Å². The van der Waals surface area contributed by atoms with Crippen molar-refractivity contribution in [2.45, 2.75) is 19.8 Å². The van der Waals surface area contributed by atoms with Crippen LogP contribution >= 0.6 is 11.3 Å². The highest BCUT2D eigenvalue weighted by molar-refractivity contribution is 7.15. The molecule has 2 rings (SSSR count). The maximum Gasteiger partial charge on any atom is 0.307 e. The van der Waals surface area contributed by atoms with Gasteiger partial charge in [-0.1, -0.05) is 18.3 Å². The Hall–Kier alpha value is -1.50. The number of aliphatic carboxylic acids is 1. The first-order chi connectivity index (χ1) is 7.61. The zero-order valence-corrected chi connectivity index (χ0v) is 9.45. The lowest BCUT2D eigenvalue weighted by Crippen LogP contribution is -2.16. The van der Waals surface area contributed by atoms with Crippen molar-refractivity contribution < 1.29 is 14.7 Å². The Morgan fingerprint density at radius 1 is 1.50 bits per heavy atom. The van der Waals surface area contributed by atoms with Crippen LogP contribution in [-0.2, 0) is 16.0 Å². The van der Waals surface area contributed by atoms with E-state index in [2.05, 4.69) is 15.5 Å². The second kappa shape index (κ2) is 4.17. The SMILES string of the molecule is CCc1nnc(NC(=O)[C@H]2C[C@H]2C(=O)O)s1. The molecule has 0 aromatic carbocycles. The summed E-state index contributed by atoms with van der Waals surface area (Å²) in [5, 5.41) is 20.2. The first-order valence-electron chi connectivity index (χ1n) is 4.98. The van der Waals surface area contributed by atoms with E-state index >= 15 is 0 Å². The number of carbonyl (C=O) groups excluding carboxylic acids is 1. The van der Waals surface area contributed by atoms with Crippen molar-refractivity contribution in [2.24, 2.45) is 11.8 Å². The van der Waals surface area contributed by atoms with E-state index in [4.69, 9.17) is 5.11 Å². The van der Waals surface area contributed by atoms with Crippen LogP contribution in [0, 0.1) is 11.8 Å². The number of rotatable bonds is 4. The maximum atomic E-state index is 11.6. The molecular formula is C9H11N3O3S. The molecule has 0 aliphatic heterocycles. The molecule has 86 valence electrons. The van der Waals surface area contributed by atoms with E-state index in [1.54, 1.807) is 0 Å². The highest BCUT2D eigenvalue weighted by atomic mass is 32.1. The largest absolute Gasteiger partial charge is 0.481 e. The van der Waals surface area contributed by atoms with Gasteiger partial charge in [-0.2, -0.15) is 0 Å². The molecular weight excluding hydrogens is 230 g/mol. The molecule has 0 spiro atoms. The molecule has 1 aliphatic carbocycles. The molecule has 6 nitrogen and oxygen atoms in total. The summed E-state index contributed by atoms with van der Waals surface area (Å²) in [6.07, 6.45) is 1.19. The number of carboxylic acid groups (broad SMARTS) is 1. The number of aromatic nitrogens is 2. The topological polar surface area (TPSA) is 92.2 Å². The Labute approximate surface area is 95.7 Å². The van der Waals surface area contributed by atoms with Crippen LogP contribution < -0.4 is 5.32 Å². The fourth-order valence-electron chi connectivity index (χ4n) is 1.40. The Bertz CT molecular complexity index is 431. The van der Waals surface area contributed by atoms with Crippen LogP contribution in [0.3, 0.4) is 0 Å². The number of carboxylic acids is 1. The summed E-state index contributed by atoms with van der Waals surface area (Å²) in [4.78, 5) is 22.1. The van der Waals surface area contributed by atoms with Crippen molar-refractivity contribution in [3.63, 3.8) is 0 Å². The highest BCUT2D eigenvalue weighted by Crippen LogP contribution is 2.39. The van der Waals surface area contributed by atoms with Crippen molar-refractivity contribution >= 4 is 28.3 Å². The van der Waals surface area contributed by atoms with Gasteiger partial charge >= 0.3 is 5.97 Å². The number of anilines is 1. The molecule has 1 fully saturated rings. The molecule has 0 unspecified atom stereocenters. The summed E-state index contributed by atoms with van der Waals surface area (Å²) in [5.74, 6) is -2.12. The molecule has 1 saturated carbocycles. The monoisotopic (exact) mass is 241 g/mol. The molecule has 16 heavy (non-hydrogen) atoms. The highest BCUT2D eigenvalue weighted by Gasteiger charge is 2.48. The van der Waals surface area contributed by atoms with E-state index in [1.807, 2.05) is 6.92 Å². The van der Waals surface area contributed by atoms with E-state index in [9.17, 15) is 9.59 Å². The van der Waals surface area contributed by atoms with Gasteiger partial charge in [0.15, 0.2) is 0 Å². The lowest BCUT2D eigenvalue weighted by molar-refractivity contribution is -0.139. The van der Waals surface area contributed by atoms with Gasteiger partial charge in [0, 0.05) is 0 Å². The predicted octanol–water partition coefficient (Wildman–Crippen LogP) is 0.760. The van der Waals surface area contributed by atoms with Gasteiger partial charge in [0.2, 0.25) is 11.0 Å². The minimum Gasteiger partial charge on any atom is -0.481 e. The zero-order chi connectivity index (χ0) is 11.7. The third-order valence-corrected chi connectivity index (χ3v) is 3.43. The minimum atomic E-state index is -0.910. The van der Waals surface area contributed by atoms with E-state index < -0.39 is 17.8 Å². The van der Waals surface area contributed by atoms with Crippen LogP contribution in [0.4, 0.5) is 5.13 Å². The second-order valence-electron chi connectivity index (χ2n) is 3.63. The van der Waals surface area contributed by atoms with E-state index in [-0.39, 0.29) is 5.91 Å². The van der Waals surface area contributed by atoms with Gasteiger partial charge < -0.3 is 10.4 Å². The first kappa shape index (κ1) is 11.0. The van der Waals surface area contributed by atoms with Crippen LogP contribution in [0.25, 0.3) is 0 Å². The molecule has 1 aromatic rings. The number of hydrogen-bond donors (Lipinski definition) is 2. The molecule has 0 saturated heterocycles. The summed E-state index contributed by atoms with van der Waals surface area (Å²) < 4.78 is 0. The standard InChI is InChI=1S/C9H11N3O3S/c1-2-6-11-12-9(16-6)10-7(13)4-3-5(4)8(14)15/h4-5H,2-3H2,1H3,(H,14,15)(H,10,12,13)/t4-,5+/m0/s1. The number of carbonyl (C=O) groups is 2. The summed E-state index contributed by atoms with van der Waals surface area (Å²) in [6.45, 7) is 1.95. The minimum absolute atomic E-state index is 0.272. The van der Waals surface area contributed by atoms with Crippen LogP contribution in [0.1, 0.15) is 18.4 Å². The number of nitrogens with zero attached hydrogens (tertiary/aromatic N) is 2. The first-order valence-corrected chi connectivity index (χ1v) is 5.79. The molecule has 0 bridgehead atoms. The maximum absolute atomic E-state index is 11.6. The average Bonchev–Trinajstić information content (AvgIpc) is 2.94. The van der Waals surface area contributed by atoms with Crippen LogP contribution in [0.2, 0.25) is 0 Å². The van der Waals surface area contributed by atoms with Crippen molar-refractivity contribution in [3.05, 3.63) is 5.01 Å². The van der Waals surface area contributed by atoms with Crippen LogP contribution in [0.5, 0.6) is 0 Å². The van der Waals surface area contributed by atoms with Crippen LogP contribution in [-0.4, -0.2) is 27.2 Å². The zero-order valence-electron chi connectivity index (χ0n) is 8.64. The normalized spacial score (nSPS) is 22.8. The number of nitrogens with one attached hydrogen (secondary N) is 1. The smallest absolute Gasteiger partial charge is 0.307 e. The Morgan fingerprint density at radius 2 is 2.25 bits per heavy atom. The van der Waals surface area contributed by atoms with Gasteiger partial charge in [-0.3, -0.25) is 9.59 Å². The molecule has 1 heterocycles. The number of hydrogen-bond acceptors (Lipinski definition) is 5. The third kappa shape index (κ3) is 2.19. The molecule has 1 aromatic heterocycles. The summed E-state index contributed by atoms with van der Waals surface area (Å²) in [7, 11) is 0. The van der Waals surface area contributed by atoms with Crippen molar-refractivity contribution in [1.82, 2.24) is 10.2 Å². The Morgan fingerprint density at radius 3 is 2.75 bits per heavy atom. The Kier molecular flexibility index (Phi) is 2.86. The van der Waals surface area contributed by atoms with Gasteiger partial charge in [-0.15, -0.1) is 10.2 Å². The molecule has 1 amide bonds. The number of aryl methyl sites for hydroxylation is 1. The quantitative estimate of drug-likeness (QED) is 0.811. The average molecular weight is 241 g/mol. The van der Waals surface area contributed by atoms with E-state index in [1.165, 1.54) is 11.3 Å². The predicted molar refractivity (Wildman–Crippen MR) is 57.1 cm³/mol. The molecule has 2 N–H and O–H groups in total. The molecule has 2 atom stereocenters. The fourth-order valence-corrected chi connectivity index (χ4v) is 2.09. The summed E-state index contributed by atoms with van der Waals surface area (Å²) in [5.41, 5.74) is 0. The van der Waals surface area contributed by atoms with E-state index in [0.29, 0.717) is 11.6 Å². The lowest BCUT2D eigenvalue weighted by Gasteiger charge is -1.97. The summed E-state index contributed by atoms with van der Waals surface area (Å²) >= 11 is 1.31. The summed E-state index contributed by atoms with van der Waals surface area (Å²) in [6, 6.07) is 0. The molecule has 0 radical (unpaired) electrons. The van der Waals surface area contributed by atoms with Crippen molar-refractivity contribution in [2.75, 3.05) is 5.32 Å². The van der Waals surface area contributed by atoms with Gasteiger partial charge in [0.1, 0.15) is 5.01 Å². The molecule has 1 aliphatic rings. The van der Waals surface area contributed by atoms with Gasteiger partial charge in [0.25, 0.3) is 0 Å². The molecule has 7 heteroatoms. The fraction of sp³-hybridized carbons (Fsp3) is 0.556. The van der Waals surface area contributed by atoms with Gasteiger partial charge in [-0.25, -0.2) is 0 Å². The van der Waals surface area contributed by atoms with Crippen molar-refractivity contribution in [1.29, 1.82) is 0 Å². The van der Waals surface area contributed by atoms with Gasteiger partial charge in [-0.05, 0) is 12.8 Å². The second-order valence-corrected chi connectivity index (χ2v) is 4.69. The third-order valence-electron chi connectivity index (χ3n) is 2.44. The lowest BCUT2D eigenvalue weighted by atomic mass is 10.3. The van der Waals surface area contributed by atoms with Crippen LogP contribution in [0.15, 0.2) is 0 Å². The number of amides is 1. The van der Waals surface area contributed by atoms with Gasteiger partial charge in [0.05, 0.1) is 11.8 Å². The Balaban J connectivity index is 1.91.